The van der Waals surface area contributed by atoms with E-state index in [1.165, 1.54) is 0 Å². The van der Waals surface area contributed by atoms with Crippen LogP contribution in [0.15, 0.2) is 18.2 Å². The number of anilines is 1. The molecular weight excluding hydrogens is 250 g/mol. The Kier molecular flexibility index (Phi) is 4.41. The summed E-state index contributed by atoms with van der Waals surface area (Å²) >= 11 is 0. The van der Waals surface area contributed by atoms with Gasteiger partial charge in [0.2, 0.25) is 0 Å². The molecule has 1 saturated heterocycles. The van der Waals surface area contributed by atoms with Gasteiger partial charge in [0.05, 0.1) is 11.6 Å². The maximum atomic E-state index is 11.8. The van der Waals surface area contributed by atoms with Crippen LogP contribution < -0.4 is 4.90 Å². The molecule has 4 heteroatoms. The molecule has 0 aliphatic carbocycles. The summed E-state index contributed by atoms with van der Waals surface area (Å²) in [5, 5.41) is 9.04. The minimum Gasteiger partial charge on any atom is -0.368 e. The number of carbonyl (C=O) groups is 1. The molecule has 0 N–H and O–H groups in total. The van der Waals surface area contributed by atoms with E-state index in [-0.39, 0.29) is 5.78 Å². The molecule has 0 radical (unpaired) electrons. The molecule has 4 nitrogen and oxygen atoms in total. The Bertz CT molecular complexity index is 537. The number of hydrogen-bond donors (Lipinski definition) is 0. The topological polar surface area (TPSA) is 47.3 Å². The minimum atomic E-state index is 0.0516. The summed E-state index contributed by atoms with van der Waals surface area (Å²) in [5.74, 6) is 0.0516. The van der Waals surface area contributed by atoms with Crippen molar-refractivity contribution in [2.75, 3.05) is 31.1 Å². The van der Waals surface area contributed by atoms with Crippen molar-refractivity contribution in [2.24, 2.45) is 0 Å². The van der Waals surface area contributed by atoms with Crippen LogP contribution in [0.1, 0.15) is 36.7 Å². The molecule has 1 aliphatic heterocycles. The third-order valence-electron chi connectivity index (χ3n) is 3.89. The summed E-state index contributed by atoms with van der Waals surface area (Å²) < 4.78 is 0. The number of ketones is 1. The SMILES string of the molecule is CC(=O)c1ccc(C#N)cc1N1CCN(C(C)C)CC1. The molecule has 1 aliphatic rings. The maximum Gasteiger partial charge on any atom is 0.161 e. The highest BCUT2D eigenvalue weighted by molar-refractivity contribution is 6.00. The van der Waals surface area contributed by atoms with Gasteiger partial charge in [-0.15, -0.1) is 0 Å². The van der Waals surface area contributed by atoms with Crippen LogP contribution in [0.3, 0.4) is 0 Å². The van der Waals surface area contributed by atoms with Crippen LogP contribution in [-0.2, 0) is 0 Å². The molecular formula is C16H21N3O. The van der Waals surface area contributed by atoms with Crippen LogP contribution in [0.2, 0.25) is 0 Å². The molecule has 0 bridgehead atoms. The summed E-state index contributed by atoms with van der Waals surface area (Å²) in [7, 11) is 0. The Morgan fingerprint density at radius 2 is 1.90 bits per heavy atom. The molecule has 1 heterocycles. The molecule has 0 unspecified atom stereocenters. The third kappa shape index (κ3) is 3.00. The highest BCUT2D eigenvalue weighted by atomic mass is 16.1. The molecule has 1 aromatic rings. The lowest BCUT2D eigenvalue weighted by atomic mass is 10.0. The van der Waals surface area contributed by atoms with Crippen molar-refractivity contribution in [1.82, 2.24) is 4.90 Å². The van der Waals surface area contributed by atoms with E-state index in [9.17, 15) is 4.79 Å². The zero-order valence-electron chi connectivity index (χ0n) is 12.4. The molecule has 106 valence electrons. The Hall–Kier alpha value is -1.86. The lowest BCUT2D eigenvalue weighted by Gasteiger charge is -2.38. The van der Waals surface area contributed by atoms with Gasteiger partial charge < -0.3 is 4.90 Å². The van der Waals surface area contributed by atoms with Crippen molar-refractivity contribution in [1.29, 1.82) is 5.26 Å². The van der Waals surface area contributed by atoms with Gasteiger partial charge in [0.15, 0.2) is 5.78 Å². The Balaban J connectivity index is 2.24. The third-order valence-corrected chi connectivity index (χ3v) is 3.89. The first-order chi connectivity index (χ1) is 9.52. The second-order valence-electron chi connectivity index (χ2n) is 5.52. The molecule has 1 fully saturated rings. The van der Waals surface area contributed by atoms with E-state index in [2.05, 4.69) is 29.7 Å². The van der Waals surface area contributed by atoms with Gasteiger partial charge in [-0.2, -0.15) is 5.26 Å². The molecule has 0 saturated carbocycles. The van der Waals surface area contributed by atoms with E-state index in [0.29, 0.717) is 17.2 Å². The van der Waals surface area contributed by atoms with Gasteiger partial charge in [0, 0.05) is 43.5 Å². The Morgan fingerprint density at radius 1 is 1.25 bits per heavy atom. The summed E-state index contributed by atoms with van der Waals surface area (Å²) in [6.45, 7) is 9.76. The van der Waals surface area contributed by atoms with Gasteiger partial charge in [0.1, 0.15) is 0 Å². The molecule has 0 atom stereocenters. The molecule has 0 aromatic heterocycles. The predicted octanol–water partition coefficient (Wildman–Crippen LogP) is 2.29. The fraction of sp³-hybridized carbons (Fsp3) is 0.500. The zero-order chi connectivity index (χ0) is 14.7. The first kappa shape index (κ1) is 14.5. The minimum absolute atomic E-state index is 0.0516. The number of Topliss-reactive ketones (excluding diaryl/α,β-unsaturated/α-hetero) is 1. The van der Waals surface area contributed by atoms with Crippen LogP contribution in [0.25, 0.3) is 0 Å². The maximum absolute atomic E-state index is 11.8. The van der Waals surface area contributed by atoms with Gasteiger partial charge in [-0.3, -0.25) is 9.69 Å². The number of piperazine rings is 1. The van der Waals surface area contributed by atoms with Gasteiger partial charge in [-0.05, 0) is 39.0 Å². The first-order valence-electron chi connectivity index (χ1n) is 7.07. The van der Waals surface area contributed by atoms with E-state index in [0.717, 1.165) is 31.9 Å². The number of carbonyl (C=O) groups excluding carboxylic acids is 1. The van der Waals surface area contributed by atoms with Gasteiger partial charge in [-0.1, -0.05) is 0 Å². The quantitative estimate of drug-likeness (QED) is 0.791. The van der Waals surface area contributed by atoms with E-state index < -0.39 is 0 Å². The average Bonchev–Trinajstić information content (AvgIpc) is 2.46. The monoisotopic (exact) mass is 271 g/mol. The predicted molar refractivity (Wildman–Crippen MR) is 80.1 cm³/mol. The van der Waals surface area contributed by atoms with E-state index in [1.54, 1.807) is 19.1 Å². The van der Waals surface area contributed by atoms with Gasteiger partial charge in [-0.25, -0.2) is 0 Å². The van der Waals surface area contributed by atoms with Crippen molar-refractivity contribution in [3.05, 3.63) is 29.3 Å². The van der Waals surface area contributed by atoms with Crippen LogP contribution in [0.5, 0.6) is 0 Å². The lowest BCUT2D eigenvalue weighted by Crippen LogP contribution is -2.49. The Labute approximate surface area is 120 Å². The standard InChI is InChI=1S/C16H21N3O/c1-12(2)18-6-8-19(9-7-18)16-10-14(11-17)4-5-15(16)13(3)20/h4-5,10,12H,6-9H2,1-3H3. The number of nitrogens with zero attached hydrogens (tertiary/aromatic N) is 3. The van der Waals surface area contributed by atoms with Crippen molar-refractivity contribution < 1.29 is 4.79 Å². The lowest BCUT2D eigenvalue weighted by molar-refractivity contribution is 0.101. The van der Waals surface area contributed by atoms with Gasteiger partial charge in [0.25, 0.3) is 0 Å². The number of rotatable bonds is 3. The number of hydrogen-bond acceptors (Lipinski definition) is 4. The van der Waals surface area contributed by atoms with E-state index in [4.69, 9.17) is 5.26 Å². The van der Waals surface area contributed by atoms with Crippen molar-refractivity contribution >= 4 is 11.5 Å². The second kappa shape index (κ2) is 6.06. The number of benzene rings is 1. The summed E-state index contributed by atoms with van der Waals surface area (Å²) in [6, 6.07) is 8.02. The van der Waals surface area contributed by atoms with Crippen LogP contribution >= 0.6 is 0 Å². The zero-order valence-corrected chi connectivity index (χ0v) is 12.4. The average molecular weight is 271 g/mol. The fourth-order valence-corrected chi connectivity index (χ4v) is 2.64. The molecule has 1 aromatic carbocycles. The smallest absolute Gasteiger partial charge is 0.161 e. The molecule has 20 heavy (non-hydrogen) atoms. The Morgan fingerprint density at radius 3 is 2.40 bits per heavy atom. The van der Waals surface area contributed by atoms with Crippen LogP contribution in [0, 0.1) is 11.3 Å². The molecule has 0 amide bonds. The van der Waals surface area contributed by atoms with Crippen LogP contribution in [0.4, 0.5) is 5.69 Å². The molecule has 0 spiro atoms. The highest BCUT2D eigenvalue weighted by Gasteiger charge is 2.22. The first-order valence-corrected chi connectivity index (χ1v) is 7.07. The van der Waals surface area contributed by atoms with Crippen molar-refractivity contribution in [3.63, 3.8) is 0 Å². The normalized spacial score (nSPS) is 16.2. The summed E-state index contributed by atoms with van der Waals surface area (Å²) in [4.78, 5) is 16.4. The van der Waals surface area contributed by atoms with Crippen LogP contribution in [-0.4, -0.2) is 42.9 Å². The molecule has 2 rings (SSSR count). The largest absolute Gasteiger partial charge is 0.368 e. The summed E-state index contributed by atoms with van der Waals surface area (Å²) in [5.41, 5.74) is 2.22. The highest BCUT2D eigenvalue weighted by Crippen LogP contribution is 2.24. The fourth-order valence-electron chi connectivity index (χ4n) is 2.64. The second-order valence-corrected chi connectivity index (χ2v) is 5.52. The number of nitriles is 1. The van der Waals surface area contributed by atoms with E-state index >= 15 is 0 Å². The summed E-state index contributed by atoms with van der Waals surface area (Å²) in [6.07, 6.45) is 0. The van der Waals surface area contributed by atoms with E-state index in [1.807, 2.05) is 6.07 Å². The van der Waals surface area contributed by atoms with Crippen molar-refractivity contribution in [2.45, 2.75) is 26.8 Å². The van der Waals surface area contributed by atoms with Crippen molar-refractivity contribution in [3.8, 4) is 6.07 Å². The van der Waals surface area contributed by atoms with Gasteiger partial charge >= 0.3 is 0 Å².